The van der Waals surface area contributed by atoms with Gasteiger partial charge in [-0.15, -0.1) is 4.83 Å². The van der Waals surface area contributed by atoms with Crippen LogP contribution in [0.5, 0.6) is 0 Å². The third-order valence-corrected chi connectivity index (χ3v) is 1.90. The second kappa shape index (κ2) is 3.48. The van der Waals surface area contributed by atoms with Gasteiger partial charge in [0.15, 0.2) is 0 Å². The van der Waals surface area contributed by atoms with Gasteiger partial charge in [-0.25, -0.2) is 13.4 Å². The maximum absolute atomic E-state index is 10.7. The van der Waals surface area contributed by atoms with Crippen LogP contribution in [0, 0.1) is 0 Å². The van der Waals surface area contributed by atoms with Crippen LogP contribution < -0.4 is 4.83 Å². The first-order chi connectivity index (χ1) is 5.08. The van der Waals surface area contributed by atoms with Crippen LogP contribution in [0.4, 0.5) is 0 Å². The molecule has 1 heterocycles. The average Bonchev–Trinajstić information content (AvgIpc) is 1.85. The largest absolute Gasteiger partial charge is 0.379 e. The summed E-state index contributed by atoms with van der Waals surface area (Å²) >= 11 is 0. The van der Waals surface area contributed by atoms with Gasteiger partial charge in [0.05, 0.1) is 19.5 Å². The Kier molecular flexibility index (Phi) is 2.83. The van der Waals surface area contributed by atoms with E-state index in [2.05, 4.69) is 4.83 Å². The summed E-state index contributed by atoms with van der Waals surface area (Å²) in [6.07, 6.45) is 1.14. The minimum absolute atomic E-state index is 0.586. The van der Waals surface area contributed by atoms with Crippen LogP contribution in [0.15, 0.2) is 0 Å². The standard InChI is InChI=1S/C5H12N2O3S/c1-11(8,9)6-7-2-4-10-5-3-7/h6H,2-5H2,1H3. The molecule has 0 aromatic heterocycles. The fraction of sp³-hybridized carbons (Fsp3) is 1.00. The highest BCUT2D eigenvalue weighted by molar-refractivity contribution is 7.88. The van der Waals surface area contributed by atoms with Crippen molar-refractivity contribution in [3.8, 4) is 0 Å². The molecule has 1 N–H and O–H groups in total. The highest BCUT2D eigenvalue weighted by Gasteiger charge is 2.13. The van der Waals surface area contributed by atoms with Crippen molar-refractivity contribution in [2.75, 3.05) is 32.6 Å². The molecular weight excluding hydrogens is 168 g/mol. The third-order valence-electron chi connectivity index (χ3n) is 1.31. The van der Waals surface area contributed by atoms with Gasteiger partial charge in [-0.1, -0.05) is 0 Å². The molecule has 0 spiro atoms. The first kappa shape index (κ1) is 8.92. The third kappa shape index (κ3) is 3.66. The van der Waals surface area contributed by atoms with Crippen molar-refractivity contribution >= 4 is 10.0 Å². The van der Waals surface area contributed by atoms with E-state index >= 15 is 0 Å². The van der Waals surface area contributed by atoms with Crippen molar-refractivity contribution in [3.05, 3.63) is 0 Å². The van der Waals surface area contributed by atoms with Crippen LogP contribution >= 0.6 is 0 Å². The van der Waals surface area contributed by atoms with E-state index in [1.165, 1.54) is 0 Å². The molecule has 0 bridgehead atoms. The predicted octanol–water partition coefficient (Wildman–Crippen LogP) is -1.22. The average molecular weight is 180 g/mol. The van der Waals surface area contributed by atoms with Gasteiger partial charge in [0.1, 0.15) is 0 Å². The zero-order valence-electron chi connectivity index (χ0n) is 6.41. The highest BCUT2D eigenvalue weighted by Crippen LogP contribution is 1.93. The molecule has 1 saturated heterocycles. The molecule has 1 aliphatic rings. The number of ether oxygens (including phenoxy) is 1. The summed E-state index contributed by atoms with van der Waals surface area (Å²) in [6, 6.07) is 0. The van der Waals surface area contributed by atoms with Gasteiger partial charge >= 0.3 is 0 Å². The molecule has 0 aliphatic carbocycles. The van der Waals surface area contributed by atoms with Gasteiger partial charge in [0.2, 0.25) is 10.0 Å². The number of nitrogens with one attached hydrogen (secondary N) is 1. The molecule has 1 rings (SSSR count). The molecule has 11 heavy (non-hydrogen) atoms. The van der Waals surface area contributed by atoms with Crippen LogP contribution in [0.3, 0.4) is 0 Å². The van der Waals surface area contributed by atoms with Crippen LogP contribution in [0.25, 0.3) is 0 Å². The Labute approximate surface area is 66.3 Å². The summed E-state index contributed by atoms with van der Waals surface area (Å²) in [4.78, 5) is 2.38. The Bertz CT molecular complexity index is 208. The minimum Gasteiger partial charge on any atom is -0.379 e. The van der Waals surface area contributed by atoms with Crippen molar-refractivity contribution in [1.82, 2.24) is 9.84 Å². The molecule has 0 unspecified atom stereocenters. The maximum Gasteiger partial charge on any atom is 0.221 e. The lowest BCUT2D eigenvalue weighted by atomic mass is 10.5. The number of nitrogens with zero attached hydrogens (tertiary/aromatic N) is 1. The van der Waals surface area contributed by atoms with Gasteiger partial charge in [-0.3, -0.25) is 0 Å². The minimum atomic E-state index is -3.10. The van der Waals surface area contributed by atoms with Gasteiger partial charge in [-0.2, -0.15) is 0 Å². The Morgan fingerprint density at radius 2 is 1.91 bits per heavy atom. The van der Waals surface area contributed by atoms with E-state index in [4.69, 9.17) is 4.74 Å². The molecule has 0 atom stereocenters. The molecule has 0 saturated carbocycles. The summed E-state index contributed by atoms with van der Waals surface area (Å²) in [5.74, 6) is 0. The quantitative estimate of drug-likeness (QED) is 0.579. The Hall–Kier alpha value is -0.170. The van der Waals surface area contributed by atoms with E-state index in [0.717, 1.165) is 6.26 Å². The molecule has 0 amide bonds. The van der Waals surface area contributed by atoms with Gasteiger partial charge in [0.25, 0.3) is 0 Å². The smallest absolute Gasteiger partial charge is 0.221 e. The summed E-state index contributed by atoms with van der Waals surface area (Å²) in [5, 5.41) is 1.64. The van der Waals surface area contributed by atoms with Crippen molar-refractivity contribution in [2.24, 2.45) is 0 Å². The fourth-order valence-corrected chi connectivity index (χ4v) is 1.54. The van der Waals surface area contributed by atoms with E-state index in [9.17, 15) is 8.42 Å². The molecule has 1 aliphatic heterocycles. The van der Waals surface area contributed by atoms with E-state index in [1.807, 2.05) is 0 Å². The fourth-order valence-electron chi connectivity index (χ4n) is 0.889. The second-order valence-electron chi connectivity index (χ2n) is 2.46. The van der Waals surface area contributed by atoms with Crippen molar-refractivity contribution in [3.63, 3.8) is 0 Å². The van der Waals surface area contributed by atoms with Crippen LogP contribution in [0.2, 0.25) is 0 Å². The normalized spacial score (nSPS) is 21.9. The van der Waals surface area contributed by atoms with Gasteiger partial charge < -0.3 is 4.74 Å². The van der Waals surface area contributed by atoms with E-state index in [-0.39, 0.29) is 0 Å². The summed E-state index contributed by atoms with van der Waals surface area (Å²) in [5.41, 5.74) is 0. The predicted molar refractivity (Wildman–Crippen MR) is 40.4 cm³/mol. The molecule has 6 heteroatoms. The lowest BCUT2D eigenvalue weighted by molar-refractivity contribution is 0.0273. The number of rotatable bonds is 2. The van der Waals surface area contributed by atoms with E-state index < -0.39 is 10.0 Å². The van der Waals surface area contributed by atoms with Crippen LogP contribution in [-0.4, -0.2) is 46.0 Å². The Balaban J connectivity index is 2.36. The van der Waals surface area contributed by atoms with Gasteiger partial charge in [-0.05, 0) is 0 Å². The Morgan fingerprint density at radius 3 is 2.36 bits per heavy atom. The molecule has 0 aromatic rings. The zero-order valence-corrected chi connectivity index (χ0v) is 7.23. The van der Waals surface area contributed by atoms with Crippen LogP contribution in [0.1, 0.15) is 0 Å². The number of hydrazine groups is 1. The molecular formula is C5H12N2O3S. The molecule has 1 fully saturated rings. The second-order valence-corrected chi connectivity index (χ2v) is 4.19. The number of morpholine rings is 1. The molecule has 66 valence electrons. The lowest BCUT2D eigenvalue weighted by Gasteiger charge is -2.25. The lowest BCUT2D eigenvalue weighted by Crippen LogP contribution is -2.47. The van der Waals surface area contributed by atoms with Gasteiger partial charge in [0, 0.05) is 13.1 Å². The highest BCUT2D eigenvalue weighted by atomic mass is 32.2. The SMILES string of the molecule is CS(=O)(=O)NN1CCOCC1. The maximum atomic E-state index is 10.7. The molecule has 0 radical (unpaired) electrons. The number of hydrogen-bond acceptors (Lipinski definition) is 4. The topological polar surface area (TPSA) is 58.6 Å². The number of sulfonamides is 1. The first-order valence-electron chi connectivity index (χ1n) is 3.38. The molecule has 0 aromatic carbocycles. The summed E-state index contributed by atoms with van der Waals surface area (Å²) in [6.45, 7) is 2.41. The van der Waals surface area contributed by atoms with Crippen molar-refractivity contribution in [1.29, 1.82) is 0 Å². The first-order valence-corrected chi connectivity index (χ1v) is 5.27. The zero-order chi connectivity index (χ0) is 8.32. The Morgan fingerprint density at radius 1 is 1.36 bits per heavy atom. The molecule has 5 nitrogen and oxygen atoms in total. The van der Waals surface area contributed by atoms with E-state index in [1.54, 1.807) is 5.01 Å². The van der Waals surface area contributed by atoms with Crippen molar-refractivity contribution in [2.45, 2.75) is 0 Å². The van der Waals surface area contributed by atoms with Crippen LogP contribution in [-0.2, 0) is 14.8 Å². The monoisotopic (exact) mass is 180 g/mol. The number of hydrogen-bond donors (Lipinski definition) is 1. The summed E-state index contributed by atoms with van der Waals surface area (Å²) < 4.78 is 26.4. The van der Waals surface area contributed by atoms with Crippen molar-refractivity contribution < 1.29 is 13.2 Å². The summed E-state index contributed by atoms with van der Waals surface area (Å²) in [7, 11) is -3.10. The van der Waals surface area contributed by atoms with E-state index in [0.29, 0.717) is 26.3 Å².